The summed E-state index contributed by atoms with van der Waals surface area (Å²) < 4.78 is 11.6. The zero-order valence-corrected chi connectivity index (χ0v) is 15.3. The lowest BCUT2D eigenvalue weighted by atomic mass is 10.1. The molecule has 1 aromatic heterocycles. The van der Waals surface area contributed by atoms with Crippen LogP contribution in [0.15, 0.2) is 38.1 Å². The number of anilines is 1. The summed E-state index contributed by atoms with van der Waals surface area (Å²) in [7, 11) is 1.37. The van der Waals surface area contributed by atoms with E-state index in [4.69, 9.17) is 9.15 Å². The van der Waals surface area contributed by atoms with E-state index < -0.39 is 0 Å². The minimum Gasteiger partial charge on any atom is -0.465 e. The maximum absolute atomic E-state index is 11.8. The second kappa shape index (κ2) is 7.21. The maximum Gasteiger partial charge on any atom is 0.338 e. The van der Waals surface area contributed by atoms with Crippen LogP contribution < -0.4 is 4.90 Å². The number of hydrogen-bond donors (Lipinski definition) is 0. The molecule has 1 aromatic carbocycles. The van der Waals surface area contributed by atoms with Gasteiger partial charge in [0.25, 0.3) is 0 Å². The Bertz CT molecular complexity index is 777. The van der Waals surface area contributed by atoms with Gasteiger partial charge in [0, 0.05) is 19.2 Å². The predicted octanol–water partition coefficient (Wildman–Crippen LogP) is 4.49. The van der Waals surface area contributed by atoms with Gasteiger partial charge in [-0.15, -0.1) is 0 Å². The number of carbonyl (C=O) groups excluding carboxylic acids is 1. The van der Waals surface area contributed by atoms with Gasteiger partial charge >= 0.3 is 5.97 Å². The normalized spacial score (nSPS) is 14.5. The van der Waals surface area contributed by atoms with E-state index in [1.165, 1.54) is 20.0 Å². The average molecular weight is 391 g/mol. The van der Waals surface area contributed by atoms with Crippen LogP contribution in [0, 0.1) is 6.92 Å². The minimum atomic E-state index is -0.360. The molecule has 1 aliphatic rings. The summed E-state index contributed by atoms with van der Waals surface area (Å²) in [5.74, 6) is 1.17. The number of aliphatic imine (C=N–C) groups is 1. The van der Waals surface area contributed by atoms with Crippen molar-refractivity contribution >= 4 is 39.7 Å². The summed E-state index contributed by atoms with van der Waals surface area (Å²) in [5.41, 5.74) is 2.02. The van der Waals surface area contributed by atoms with E-state index >= 15 is 0 Å². The van der Waals surface area contributed by atoms with Crippen LogP contribution >= 0.6 is 15.9 Å². The lowest BCUT2D eigenvalue weighted by Crippen LogP contribution is -2.17. The topological polar surface area (TPSA) is 55.0 Å². The molecule has 0 N–H and O–H groups in total. The summed E-state index contributed by atoms with van der Waals surface area (Å²) >= 11 is 3.55. The Morgan fingerprint density at radius 1 is 1.38 bits per heavy atom. The minimum absolute atomic E-state index is 0.360. The van der Waals surface area contributed by atoms with E-state index in [-0.39, 0.29) is 5.97 Å². The summed E-state index contributed by atoms with van der Waals surface area (Å²) in [4.78, 5) is 18.4. The molecule has 0 amide bonds. The molecule has 0 saturated carbocycles. The molecule has 2 aromatic rings. The SMILES string of the molecule is COC(=O)c1cccc(N=Cc2cc(Br)c(N3CCCC3)o2)c1C. The van der Waals surface area contributed by atoms with Gasteiger partial charge in [0.05, 0.1) is 29.0 Å². The van der Waals surface area contributed by atoms with Gasteiger partial charge in [-0.1, -0.05) is 6.07 Å². The number of carbonyl (C=O) groups is 1. The summed E-state index contributed by atoms with van der Waals surface area (Å²) in [6.07, 6.45) is 4.06. The van der Waals surface area contributed by atoms with Crippen molar-refractivity contribution in [2.24, 2.45) is 4.99 Å². The smallest absolute Gasteiger partial charge is 0.338 e. The Morgan fingerprint density at radius 2 is 2.12 bits per heavy atom. The Hall–Kier alpha value is -2.08. The van der Waals surface area contributed by atoms with E-state index in [0.29, 0.717) is 17.0 Å². The van der Waals surface area contributed by atoms with Crippen molar-refractivity contribution in [1.82, 2.24) is 0 Å². The molecule has 24 heavy (non-hydrogen) atoms. The number of benzene rings is 1. The number of esters is 1. The number of nitrogens with zero attached hydrogens (tertiary/aromatic N) is 2. The first-order chi connectivity index (χ1) is 11.6. The molecular weight excluding hydrogens is 372 g/mol. The van der Waals surface area contributed by atoms with Crippen molar-refractivity contribution in [3.8, 4) is 0 Å². The molecule has 0 radical (unpaired) electrons. The molecule has 0 unspecified atom stereocenters. The molecule has 5 nitrogen and oxygen atoms in total. The number of furan rings is 1. The van der Waals surface area contributed by atoms with E-state index in [9.17, 15) is 4.79 Å². The largest absolute Gasteiger partial charge is 0.465 e. The van der Waals surface area contributed by atoms with Crippen LogP contribution in [-0.4, -0.2) is 32.4 Å². The Morgan fingerprint density at radius 3 is 2.83 bits per heavy atom. The maximum atomic E-state index is 11.8. The number of rotatable bonds is 4. The van der Waals surface area contributed by atoms with Crippen LogP contribution in [0.4, 0.5) is 11.6 Å². The van der Waals surface area contributed by atoms with Crippen LogP contribution in [0.2, 0.25) is 0 Å². The highest BCUT2D eigenvalue weighted by Gasteiger charge is 2.19. The molecule has 1 saturated heterocycles. The Labute approximate surface area is 149 Å². The molecule has 3 rings (SSSR count). The lowest BCUT2D eigenvalue weighted by molar-refractivity contribution is 0.0600. The fraction of sp³-hybridized carbons (Fsp3) is 0.333. The first kappa shape index (κ1) is 16.8. The van der Waals surface area contributed by atoms with E-state index in [1.807, 2.05) is 19.1 Å². The third kappa shape index (κ3) is 3.38. The number of halogens is 1. The van der Waals surface area contributed by atoms with Crippen molar-refractivity contribution in [3.63, 3.8) is 0 Å². The highest BCUT2D eigenvalue weighted by atomic mass is 79.9. The van der Waals surface area contributed by atoms with E-state index in [1.54, 1.807) is 18.3 Å². The van der Waals surface area contributed by atoms with Gasteiger partial charge in [-0.05, 0) is 53.4 Å². The third-order valence-electron chi connectivity index (χ3n) is 4.12. The zero-order chi connectivity index (χ0) is 17.1. The molecule has 0 atom stereocenters. The molecule has 6 heteroatoms. The fourth-order valence-corrected chi connectivity index (χ4v) is 3.36. The fourth-order valence-electron chi connectivity index (χ4n) is 2.80. The molecule has 1 aliphatic heterocycles. The van der Waals surface area contributed by atoms with Gasteiger partial charge in [0.15, 0.2) is 0 Å². The standard InChI is InChI=1S/C18H19BrN2O3/c1-12-14(18(22)23-2)6-5-7-16(12)20-11-13-10-15(19)17(24-13)21-8-3-4-9-21/h5-7,10-11H,3-4,8-9H2,1-2H3. The van der Waals surface area contributed by atoms with Gasteiger partial charge in [-0.25, -0.2) is 4.79 Å². The summed E-state index contributed by atoms with van der Waals surface area (Å²) in [6.45, 7) is 3.89. The number of hydrogen-bond acceptors (Lipinski definition) is 5. The highest BCUT2D eigenvalue weighted by molar-refractivity contribution is 9.10. The second-order valence-corrected chi connectivity index (χ2v) is 6.55. The van der Waals surface area contributed by atoms with Gasteiger partial charge in [0.2, 0.25) is 5.88 Å². The number of methoxy groups -OCH3 is 1. The van der Waals surface area contributed by atoms with Crippen LogP contribution in [-0.2, 0) is 4.74 Å². The van der Waals surface area contributed by atoms with Crippen LogP contribution in [0.1, 0.15) is 34.5 Å². The Balaban J connectivity index is 1.84. The molecule has 1 fully saturated rings. The van der Waals surface area contributed by atoms with Crippen LogP contribution in [0.25, 0.3) is 0 Å². The first-order valence-corrected chi connectivity index (χ1v) is 8.65. The van der Waals surface area contributed by atoms with E-state index in [0.717, 1.165) is 29.0 Å². The second-order valence-electron chi connectivity index (χ2n) is 5.70. The van der Waals surface area contributed by atoms with Crippen LogP contribution in [0.5, 0.6) is 0 Å². The quantitative estimate of drug-likeness (QED) is 0.569. The summed E-state index contributed by atoms with van der Waals surface area (Å²) in [5, 5.41) is 0. The molecule has 0 aliphatic carbocycles. The first-order valence-electron chi connectivity index (χ1n) is 7.86. The molecule has 0 spiro atoms. The molecule has 126 valence electrons. The van der Waals surface area contributed by atoms with Crippen molar-refractivity contribution in [2.45, 2.75) is 19.8 Å². The average Bonchev–Trinajstić information content (AvgIpc) is 3.22. The predicted molar refractivity (Wildman–Crippen MR) is 97.6 cm³/mol. The van der Waals surface area contributed by atoms with Crippen molar-refractivity contribution in [2.75, 3.05) is 25.1 Å². The van der Waals surface area contributed by atoms with Gasteiger partial charge in [-0.2, -0.15) is 0 Å². The Kier molecular flexibility index (Phi) is 5.04. The monoisotopic (exact) mass is 390 g/mol. The highest BCUT2D eigenvalue weighted by Crippen LogP contribution is 2.32. The molecular formula is C18H19BrN2O3. The van der Waals surface area contributed by atoms with Gasteiger partial charge in [-0.3, -0.25) is 4.99 Å². The molecule has 2 heterocycles. The summed E-state index contributed by atoms with van der Waals surface area (Å²) in [6, 6.07) is 7.29. The van der Waals surface area contributed by atoms with Gasteiger partial charge < -0.3 is 14.1 Å². The van der Waals surface area contributed by atoms with Crippen molar-refractivity contribution < 1.29 is 13.9 Å². The third-order valence-corrected chi connectivity index (χ3v) is 4.69. The zero-order valence-electron chi connectivity index (χ0n) is 13.7. The molecule has 0 bridgehead atoms. The van der Waals surface area contributed by atoms with Gasteiger partial charge in [0.1, 0.15) is 5.76 Å². The van der Waals surface area contributed by atoms with Crippen molar-refractivity contribution in [1.29, 1.82) is 0 Å². The van der Waals surface area contributed by atoms with Crippen LogP contribution in [0.3, 0.4) is 0 Å². The van der Waals surface area contributed by atoms with Crippen molar-refractivity contribution in [3.05, 3.63) is 45.6 Å². The lowest BCUT2D eigenvalue weighted by Gasteiger charge is -2.13. The number of ether oxygens (including phenoxy) is 1. The van der Waals surface area contributed by atoms with E-state index in [2.05, 4.69) is 25.8 Å².